The van der Waals surface area contributed by atoms with Gasteiger partial charge in [-0.3, -0.25) is 9.78 Å². The number of fused-ring (bicyclic) bond motifs is 3. The van der Waals surface area contributed by atoms with Crippen LogP contribution in [0.15, 0.2) is 47.2 Å². The van der Waals surface area contributed by atoms with E-state index in [0.29, 0.717) is 23.5 Å². The number of nitrogens with one attached hydrogen (secondary N) is 1. The summed E-state index contributed by atoms with van der Waals surface area (Å²) in [6.45, 7) is 0.326. The van der Waals surface area contributed by atoms with Crippen molar-refractivity contribution in [2.45, 2.75) is 50.8 Å². The van der Waals surface area contributed by atoms with Crippen molar-refractivity contribution in [3.8, 4) is 5.75 Å². The SMILES string of the molecule is [2H]C([2H])(Oc1cc2n(c(=O)c1Cl)C1C(=CN[C@@H](n3ccc(C(C)(C)O)n3)[C@H]1F)COCC2)c1ncc(F)cc1F. The molecule has 0 bridgehead atoms. The Balaban J connectivity index is 1.55. The molecular formula is C25H25ClF3N5O4. The van der Waals surface area contributed by atoms with Gasteiger partial charge in [0.1, 0.15) is 34.4 Å². The molecule has 5 heterocycles. The van der Waals surface area contributed by atoms with Crippen molar-refractivity contribution < 1.29 is 30.5 Å². The first kappa shape index (κ1) is 23.7. The van der Waals surface area contributed by atoms with Crippen LogP contribution in [-0.2, 0) is 23.3 Å². The van der Waals surface area contributed by atoms with Crippen LogP contribution in [0.2, 0.25) is 5.02 Å². The third kappa shape index (κ3) is 4.91. The second-order valence-electron chi connectivity index (χ2n) is 9.44. The van der Waals surface area contributed by atoms with Crippen molar-refractivity contribution in [2.75, 3.05) is 13.2 Å². The van der Waals surface area contributed by atoms with Gasteiger partial charge in [0, 0.05) is 36.6 Å². The van der Waals surface area contributed by atoms with Crippen LogP contribution in [0.4, 0.5) is 13.2 Å². The Labute approximate surface area is 223 Å². The minimum Gasteiger partial charge on any atom is -0.485 e. The van der Waals surface area contributed by atoms with Crippen LogP contribution in [0.3, 0.4) is 0 Å². The lowest BCUT2D eigenvalue weighted by Crippen LogP contribution is -2.47. The summed E-state index contributed by atoms with van der Waals surface area (Å²) in [4.78, 5) is 17.0. The number of aromatic nitrogens is 4. The van der Waals surface area contributed by atoms with Crippen LogP contribution in [-0.4, -0.2) is 43.8 Å². The molecule has 0 saturated heterocycles. The third-order valence-corrected chi connectivity index (χ3v) is 6.64. The Morgan fingerprint density at radius 1 is 1.39 bits per heavy atom. The van der Waals surface area contributed by atoms with Crippen LogP contribution in [0.25, 0.3) is 0 Å². The molecule has 9 nitrogen and oxygen atoms in total. The van der Waals surface area contributed by atoms with Crippen molar-refractivity contribution in [3.05, 3.63) is 86.5 Å². The van der Waals surface area contributed by atoms with E-state index in [9.17, 15) is 18.7 Å². The van der Waals surface area contributed by atoms with Crippen molar-refractivity contribution in [1.82, 2.24) is 24.6 Å². The highest BCUT2D eigenvalue weighted by molar-refractivity contribution is 6.31. The molecule has 0 aliphatic carbocycles. The molecule has 0 aromatic carbocycles. The van der Waals surface area contributed by atoms with E-state index in [2.05, 4.69) is 15.4 Å². The summed E-state index contributed by atoms with van der Waals surface area (Å²) in [5.41, 5.74) is -2.01. The Morgan fingerprint density at radius 2 is 2.18 bits per heavy atom. The van der Waals surface area contributed by atoms with E-state index in [4.69, 9.17) is 23.8 Å². The minimum atomic E-state index is -2.93. The van der Waals surface area contributed by atoms with Gasteiger partial charge in [0.05, 0.1) is 33.9 Å². The molecule has 2 N–H and O–H groups in total. The van der Waals surface area contributed by atoms with E-state index in [1.54, 1.807) is 26.1 Å². The maximum absolute atomic E-state index is 16.3. The van der Waals surface area contributed by atoms with Gasteiger partial charge in [-0.15, -0.1) is 0 Å². The highest BCUT2D eigenvalue weighted by Gasteiger charge is 2.41. The topological polar surface area (TPSA) is 103 Å². The van der Waals surface area contributed by atoms with Gasteiger partial charge in [-0.1, -0.05) is 11.6 Å². The normalized spacial score (nSPS) is 22.6. The molecule has 0 amide bonds. The molecule has 1 unspecified atom stereocenters. The van der Waals surface area contributed by atoms with Crippen molar-refractivity contribution >= 4 is 11.6 Å². The minimum absolute atomic E-state index is 0.0264. The summed E-state index contributed by atoms with van der Waals surface area (Å²) >= 11 is 6.34. The Kier molecular flexibility index (Phi) is 6.30. The third-order valence-electron chi connectivity index (χ3n) is 6.29. The van der Waals surface area contributed by atoms with E-state index in [1.807, 2.05) is 0 Å². The number of ether oxygens (including phenoxy) is 2. The highest BCUT2D eigenvalue weighted by Crippen LogP contribution is 2.37. The maximum Gasteiger partial charge on any atom is 0.274 e. The molecule has 202 valence electrons. The van der Waals surface area contributed by atoms with E-state index in [1.165, 1.54) is 21.5 Å². The molecule has 2 aliphatic rings. The lowest BCUT2D eigenvalue weighted by Gasteiger charge is -2.38. The molecule has 13 heteroatoms. The highest BCUT2D eigenvalue weighted by atomic mass is 35.5. The average Bonchev–Trinajstić information content (AvgIpc) is 3.35. The molecule has 5 rings (SSSR count). The average molecular weight is 554 g/mol. The lowest BCUT2D eigenvalue weighted by molar-refractivity contribution is 0.0692. The smallest absolute Gasteiger partial charge is 0.274 e. The summed E-state index contributed by atoms with van der Waals surface area (Å²) in [5.74, 6) is -2.73. The maximum atomic E-state index is 16.3. The number of alkyl halides is 1. The second kappa shape index (κ2) is 10.1. The van der Waals surface area contributed by atoms with Gasteiger partial charge in [0.15, 0.2) is 18.2 Å². The first-order valence-electron chi connectivity index (χ1n) is 12.7. The second-order valence-corrected chi connectivity index (χ2v) is 9.82. The van der Waals surface area contributed by atoms with Crippen molar-refractivity contribution in [1.29, 1.82) is 0 Å². The number of rotatable bonds is 5. The molecule has 0 radical (unpaired) electrons. The summed E-state index contributed by atoms with van der Waals surface area (Å²) in [6, 6.07) is 2.09. The zero-order valence-corrected chi connectivity index (χ0v) is 21.0. The fourth-order valence-electron chi connectivity index (χ4n) is 4.38. The van der Waals surface area contributed by atoms with Gasteiger partial charge in [-0.05, 0) is 25.5 Å². The number of pyridine rings is 2. The Hall–Kier alpha value is -3.35. The number of hydrogen-bond donors (Lipinski definition) is 2. The molecule has 38 heavy (non-hydrogen) atoms. The molecule has 2 aliphatic heterocycles. The van der Waals surface area contributed by atoms with Crippen LogP contribution in [0.5, 0.6) is 5.75 Å². The number of nitrogens with zero attached hydrogens (tertiary/aromatic N) is 4. The predicted molar refractivity (Wildman–Crippen MR) is 130 cm³/mol. The molecule has 0 saturated carbocycles. The van der Waals surface area contributed by atoms with Gasteiger partial charge < -0.3 is 24.5 Å². The number of halogens is 4. The van der Waals surface area contributed by atoms with Crippen LogP contribution in [0.1, 0.15) is 45.9 Å². The predicted octanol–water partition coefficient (Wildman–Crippen LogP) is 3.32. The quantitative estimate of drug-likeness (QED) is 0.500. The van der Waals surface area contributed by atoms with Crippen molar-refractivity contribution in [2.24, 2.45) is 0 Å². The number of aliphatic hydroxyl groups is 1. The van der Waals surface area contributed by atoms with E-state index < -0.39 is 64.2 Å². The first-order chi connectivity index (χ1) is 18.8. The zero-order valence-electron chi connectivity index (χ0n) is 22.3. The monoisotopic (exact) mass is 553 g/mol. The van der Waals surface area contributed by atoms with Crippen molar-refractivity contribution in [3.63, 3.8) is 0 Å². The molecule has 0 fully saturated rings. The van der Waals surface area contributed by atoms with Crippen LogP contribution < -0.4 is 15.6 Å². The largest absolute Gasteiger partial charge is 0.485 e. The number of hydrogen-bond acceptors (Lipinski definition) is 7. The van der Waals surface area contributed by atoms with E-state index in [0.717, 1.165) is 0 Å². The summed E-state index contributed by atoms with van der Waals surface area (Å²) in [7, 11) is 0. The molecule has 0 spiro atoms. The first-order valence-corrected chi connectivity index (χ1v) is 12.0. The molecular weight excluding hydrogens is 527 g/mol. The van der Waals surface area contributed by atoms with Gasteiger partial charge in [-0.25, -0.2) is 17.9 Å². The van der Waals surface area contributed by atoms with Gasteiger partial charge in [0.2, 0.25) is 0 Å². The van der Waals surface area contributed by atoms with E-state index in [-0.39, 0.29) is 25.3 Å². The lowest BCUT2D eigenvalue weighted by atomic mass is 9.96. The van der Waals surface area contributed by atoms with Gasteiger partial charge >= 0.3 is 0 Å². The van der Waals surface area contributed by atoms with Crippen LogP contribution >= 0.6 is 11.6 Å². The molecule has 3 aromatic rings. The summed E-state index contributed by atoms with van der Waals surface area (Å²) in [6.07, 6.45) is 0.974. The zero-order chi connectivity index (χ0) is 29.0. The van der Waals surface area contributed by atoms with E-state index >= 15 is 4.39 Å². The van der Waals surface area contributed by atoms with Gasteiger partial charge in [-0.2, -0.15) is 5.10 Å². The Morgan fingerprint density at radius 3 is 2.89 bits per heavy atom. The Bertz CT molecular complexity index is 1540. The standard InChI is InChI=1S/C25H25ClF3N5O4/c1-25(2,36)19-3-5-33(32-19)23-21(29)22-13(9-31-23)11-37-6-4-15-8-18(20(26)24(35)34(15)22)38-12-17-16(28)7-14(27)10-30-17/h3,5,7-10,21-23,31,36H,4,6,11-12H2,1-2H3/t21-,22?,23-/m0/s1/i12D2. The summed E-state index contributed by atoms with van der Waals surface area (Å²) in [5, 5.41) is 16.9. The fraction of sp³-hybridized carbons (Fsp3) is 0.400. The fourth-order valence-corrected chi connectivity index (χ4v) is 4.57. The van der Waals surface area contributed by atoms with Gasteiger partial charge in [0.25, 0.3) is 5.56 Å². The molecule has 3 atom stereocenters. The molecule has 3 aromatic heterocycles. The van der Waals surface area contributed by atoms with Crippen LogP contribution in [0, 0.1) is 11.6 Å². The summed E-state index contributed by atoms with van der Waals surface area (Å²) < 4.78 is 73.6.